The summed E-state index contributed by atoms with van der Waals surface area (Å²) in [6, 6.07) is -0.443. The Morgan fingerprint density at radius 1 is 0.704 bits per heavy atom. The molecule has 9 rings (SSSR count). The van der Waals surface area contributed by atoms with Crippen LogP contribution in [0.3, 0.4) is 0 Å². The SMILES string of the molecule is CC(=O)NC(CCCNC1CC[C@@]2(C)C(CC[C@]3(C)[C@@H]2CC[C@@H]2C4[C@H](C(C)C)CC[C@]4(C(=O)O[C@H]4CC[C@@]5(C)C(=CC[C@H]6[C@@H]7CC[C@H]([C@H](C)CCCC(C)C)[C@@]7(C)CC[C@@H]65)C4)CC[C@]23C)C1(C)C)C(=O)O. The Labute approximate surface area is 433 Å². The number of nitrogens with one attached hydrogen (secondary N) is 2. The van der Waals surface area contributed by atoms with Crippen LogP contribution in [0, 0.1) is 109 Å². The third kappa shape index (κ3) is 8.78. The molecule has 0 aromatic rings. The van der Waals surface area contributed by atoms with Crippen LogP contribution in [-0.2, 0) is 19.1 Å². The highest BCUT2D eigenvalue weighted by Gasteiger charge is 2.72. The number of hydrogen-bond donors (Lipinski definition) is 3. The standard InChI is InChI=1S/C64H106N2O5/c1-39(2)16-14-17-41(5)47-21-22-48-46-20-19-43-38-44(25-30-59(43,9)49(46)27-31-60(47,48)10)71-57(70)64-34-26-45(40(3)4)55(64)50-23-24-53-61(11)32-29-54(65-37-15-18-51(56(68)69)66-42(6)67)58(7,8)52(61)28-33-63(53,13)62(50,12)35-36-64/h19,39-41,44-55,65H,14-18,20-38H2,1-13H3,(H,66,67)(H,68,69)/t41-,44+,45+,46+,47-,48+,49+,50-,51?,52?,53-,54?,55?,59+,60-,61+,62-,63-,64+/m1/s1. The van der Waals surface area contributed by atoms with Crippen molar-refractivity contribution in [1.82, 2.24) is 10.6 Å². The Morgan fingerprint density at radius 2 is 1.44 bits per heavy atom. The molecule has 8 saturated carbocycles. The Hall–Kier alpha value is -1.89. The largest absolute Gasteiger partial charge is 0.480 e. The van der Waals surface area contributed by atoms with E-state index in [-0.39, 0.29) is 50.5 Å². The number of ether oxygens (including phenoxy) is 1. The van der Waals surface area contributed by atoms with Crippen LogP contribution in [0.15, 0.2) is 11.6 Å². The maximum atomic E-state index is 15.4. The summed E-state index contributed by atoms with van der Waals surface area (Å²) in [5.41, 5.74) is 2.87. The molecule has 0 aromatic carbocycles. The van der Waals surface area contributed by atoms with E-state index in [0.717, 1.165) is 87.0 Å². The number of amides is 1. The second-order valence-corrected chi connectivity index (χ2v) is 30.0. The van der Waals surface area contributed by atoms with Crippen molar-refractivity contribution in [2.75, 3.05) is 6.54 Å². The quantitative estimate of drug-likeness (QED) is 0.0858. The highest BCUT2D eigenvalue weighted by molar-refractivity contribution is 5.82. The topological polar surface area (TPSA) is 105 Å². The van der Waals surface area contributed by atoms with Crippen molar-refractivity contribution < 1.29 is 24.2 Å². The lowest BCUT2D eigenvalue weighted by Gasteiger charge is -2.73. The van der Waals surface area contributed by atoms with Crippen molar-refractivity contribution in [3.05, 3.63) is 11.6 Å². The highest BCUT2D eigenvalue weighted by atomic mass is 16.5. The molecular weight excluding hydrogens is 877 g/mol. The van der Waals surface area contributed by atoms with Crippen molar-refractivity contribution in [2.45, 2.75) is 256 Å². The van der Waals surface area contributed by atoms with Gasteiger partial charge in [0.15, 0.2) is 0 Å². The zero-order valence-electron chi connectivity index (χ0n) is 47.8. The smallest absolute Gasteiger partial charge is 0.326 e. The van der Waals surface area contributed by atoms with E-state index in [0.29, 0.717) is 53.4 Å². The maximum Gasteiger partial charge on any atom is 0.326 e. The van der Waals surface area contributed by atoms with E-state index in [1.165, 1.54) is 103 Å². The summed E-state index contributed by atoms with van der Waals surface area (Å²) in [5.74, 6) is 7.38. The van der Waals surface area contributed by atoms with E-state index in [9.17, 15) is 14.7 Å². The molecule has 0 spiro atoms. The number of carbonyl (C=O) groups excluding carboxylic acids is 2. The summed E-state index contributed by atoms with van der Waals surface area (Å²) < 4.78 is 7.07. The number of carboxylic acids is 1. The first-order chi connectivity index (χ1) is 33.4. The van der Waals surface area contributed by atoms with E-state index >= 15 is 4.79 Å². The summed E-state index contributed by atoms with van der Waals surface area (Å²) in [6.45, 7) is 33.0. The van der Waals surface area contributed by atoms with E-state index in [1.807, 2.05) is 0 Å². The van der Waals surface area contributed by atoms with Crippen LogP contribution < -0.4 is 10.6 Å². The Morgan fingerprint density at radius 3 is 2.14 bits per heavy atom. The number of esters is 1. The molecule has 19 atom stereocenters. The van der Waals surface area contributed by atoms with Crippen LogP contribution in [-0.4, -0.2) is 47.7 Å². The normalized spacial score (nSPS) is 46.2. The predicted molar refractivity (Wildman–Crippen MR) is 288 cm³/mol. The molecule has 9 aliphatic rings. The minimum Gasteiger partial charge on any atom is -0.480 e. The van der Waals surface area contributed by atoms with E-state index < -0.39 is 12.0 Å². The van der Waals surface area contributed by atoms with Crippen molar-refractivity contribution >= 4 is 17.8 Å². The summed E-state index contributed by atoms with van der Waals surface area (Å²) >= 11 is 0. The lowest BCUT2D eigenvalue weighted by Crippen LogP contribution is -2.68. The summed E-state index contributed by atoms with van der Waals surface area (Å²) in [7, 11) is 0. The van der Waals surface area contributed by atoms with Crippen molar-refractivity contribution in [3.8, 4) is 0 Å². The molecule has 4 unspecified atom stereocenters. The average Bonchev–Trinajstić information content (AvgIpc) is 3.87. The molecule has 8 fully saturated rings. The number of allylic oxidation sites excluding steroid dienone is 1. The van der Waals surface area contributed by atoms with Gasteiger partial charge in [-0.3, -0.25) is 9.59 Å². The van der Waals surface area contributed by atoms with Gasteiger partial charge in [-0.05, 0) is 232 Å². The molecule has 0 aliphatic heterocycles. The fraction of sp³-hybridized carbons (Fsp3) is 0.922. The molecule has 0 bridgehead atoms. The number of fused-ring (bicyclic) bond motifs is 12. The molecule has 0 saturated heterocycles. The van der Waals surface area contributed by atoms with Gasteiger partial charge >= 0.3 is 11.9 Å². The van der Waals surface area contributed by atoms with Crippen LogP contribution in [0.5, 0.6) is 0 Å². The third-order valence-corrected chi connectivity index (χ3v) is 26.1. The molecule has 9 aliphatic carbocycles. The lowest BCUT2D eigenvalue weighted by atomic mass is 9.32. The van der Waals surface area contributed by atoms with Crippen molar-refractivity contribution in [1.29, 1.82) is 0 Å². The van der Waals surface area contributed by atoms with Gasteiger partial charge in [0.1, 0.15) is 12.1 Å². The Balaban J connectivity index is 0.867. The number of aliphatic carboxylic acids is 1. The number of carboxylic acid groups (broad SMARTS) is 1. The van der Waals surface area contributed by atoms with Crippen LogP contribution in [0.2, 0.25) is 0 Å². The van der Waals surface area contributed by atoms with Gasteiger partial charge in [0, 0.05) is 19.4 Å². The first-order valence-electron chi connectivity index (χ1n) is 30.5. The minimum absolute atomic E-state index is 0.0260. The van der Waals surface area contributed by atoms with Crippen LogP contribution >= 0.6 is 0 Å². The number of rotatable bonds is 15. The molecule has 7 nitrogen and oxygen atoms in total. The average molecular weight is 984 g/mol. The Kier molecular flexibility index (Phi) is 14.9. The van der Waals surface area contributed by atoms with Gasteiger partial charge in [0.25, 0.3) is 0 Å². The second kappa shape index (κ2) is 19.6. The fourth-order valence-corrected chi connectivity index (χ4v) is 22.2. The van der Waals surface area contributed by atoms with Gasteiger partial charge in [-0.15, -0.1) is 0 Å². The number of hydrogen-bond acceptors (Lipinski definition) is 5. The summed E-state index contributed by atoms with van der Waals surface area (Å²) in [5, 5.41) is 16.2. The minimum atomic E-state index is -0.957. The molecule has 3 N–H and O–H groups in total. The molecule has 402 valence electrons. The first-order valence-corrected chi connectivity index (χ1v) is 30.5. The summed E-state index contributed by atoms with van der Waals surface area (Å²) in [6.07, 6.45) is 30.0. The molecule has 0 aromatic heterocycles. The Bertz CT molecular complexity index is 2010. The van der Waals surface area contributed by atoms with E-state index in [2.05, 4.69) is 99.8 Å². The van der Waals surface area contributed by atoms with Crippen LogP contribution in [0.4, 0.5) is 0 Å². The number of carbonyl (C=O) groups is 3. The highest BCUT2D eigenvalue weighted by Crippen LogP contribution is 2.78. The van der Waals surface area contributed by atoms with Gasteiger partial charge in [0.05, 0.1) is 5.41 Å². The van der Waals surface area contributed by atoms with Crippen LogP contribution in [0.1, 0.15) is 238 Å². The maximum absolute atomic E-state index is 15.4. The monoisotopic (exact) mass is 983 g/mol. The van der Waals surface area contributed by atoms with Crippen molar-refractivity contribution in [3.63, 3.8) is 0 Å². The molecule has 1 amide bonds. The first kappa shape index (κ1) is 53.9. The van der Waals surface area contributed by atoms with E-state index in [1.54, 1.807) is 5.57 Å². The van der Waals surface area contributed by atoms with E-state index in [4.69, 9.17) is 4.74 Å². The van der Waals surface area contributed by atoms with Gasteiger partial charge in [-0.25, -0.2) is 4.79 Å². The predicted octanol–water partition coefficient (Wildman–Crippen LogP) is 15.0. The zero-order chi connectivity index (χ0) is 51.3. The van der Waals surface area contributed by atoms with Gasteiger partial charge in [-0.1, -0.05) is 114 Å². The molecule has 7 heteroatoms. The van der Waals surface area contributed by atoms with Gasteiger partial charge < -0.3 is 20.5 Å². The van der Waals surface area contributed by atoms with Gasteiger partial charge in [-0.2, -0.15) is 0 Å². The van der Waals surface area contributed by atoms with Crippen molar-refractivity contribution in [2.24, 2.45) is 109 Å². The molecular formula is C64H106N2O5. The zero-order valence-corrected chi connectivity index (χ0v) is 47.8. The molecule has 71 heavy (non-hydrogen) atoms. The van der Waals surface area contributed by atoms with Crippen LogP contribution in [0.25, 0.3) is 0 Å². The fourth-order valence-electron chi connectivity index (χ4n) is 22.2. The third-order valence-electron chi connectivity index (χ3n) is 26.1. The molecule has 0 radical (unpaired) electrons. The second-order valence-electron chi connectivity index (χ2n) is 30.0. The lowest BCUT2D eigenvalue weighted by molar-refractivity contribution is -0.243. The molecule has 0 heterocycles. The van der Waals surface area contributed by atoms with Gasteiger partial charge in [0.2, 0.25) is 5.91 Å². The summed E-state index contributed by atoms with van der Waals surface area (Å²) in [4.78, 5) is 38.9.